The molecule has 7 aliphatic rings. The minimum absolute atomic E-state index is 0.0758. The fraction of sp³-hybridized carbons (Fsp3) is 0.520. The van der Waals surface area contributed by atoms with Crippen molar-refractivity contribution in [2.45, 2.75) is 150 Å². The second-order valence-electron chi connectivity index (χ2n) is 20.7. The van der Waals surface area contributed by atoms with E-state index in [1.54, 1.807) is 16.7 Å². The third-order valence-corrected chi connectivity index (χ3v) is 17.0. The lowest BCUT2D eigenvalue weighted by Crippen LogP contribution is -2.57. The molecule has 4 bridgehead atoms. The summed E-state index contributed by atoms with van der Waals surface area (Å²) < 4.78 is 0. The molecule has 0 aromatic heterocycles. The van der Waals surface area contributed by atoms with Gasteiger partial charge in [-0.3, -0.25) is 0 Å². The van der Waals surface area contributed by atoms with E-state index in [4.69, 9.17) is 0 Å². The molecule has 1 nitrogen and oxygen atoms in total. The van der Waals surface area contributed by atoms with Crippen molar-refractivity contribution < 1.29 is 0 Å². The van der Waals surface area contributed by atoms with E-state index in [0.29, 0.717) is 0 Å². The van der Waals surface area contributed by atoms with Crippen molar-refractivity contribution in [2.24, 2.45) is 23.7 Å². The minimum Gasteiger partial charge on any atom is -0.309 e. The van der Waals surface area contributed by atoms with Crippen LogP contribution in [0.1, 0.15) is 147 Å². The van der Waals surface area contributed by atoms with Gasteiger partial charge in [-0.05, 0) is 167 Å². The van der Waals surface area contributed by atoms with E-state index in [0.717, 1.165) is 23.7 Å². The van der Waals surface area contributed by atoms with E-state index < -0.39 is 0 Å². The highest BCUT2D eigenvalue weighted by Gasteiger charge is 2.61. The first-order valence-corrected chi connectivity index (χ1v) is 21.5. The van der Waals surface area contributed by atoms with Crippen LogP contribution in [0.5, 0.6) is 0 Å². The molecule has 0 amide bonds. The van der Waals surface area contributed by atoms with Crippen LogP contribution in [0.2, 0.25) is 0 Å². The zero-order valence-electron chi connectivity index (χ0n) is 33.0. The Morgan fingerprint density at radius 1 is 0.500 bits per heavy atom. The third kappa shape index (κ3) is 4.61. The number of hydrogen-bond acceptors (Lipinski definition) is 2. The smallest absolute Gasteiger partial charge is 0.0604 e. The predicted molar refractivity (Wildman–Crippen MR) is 220 cm³/mol. The number of fused-ring (bicyclic) bond motifs is 4. The van der Waals surface area contributed by atoms with Crippen LogP contribution >= 0.6 is 11.8 Å². The van der Waals surface area contributed by atoms with Crippen LogP contribution in [0, 0.1) is 23.7 Å². The molecule has 1 spiro atoms. The quantitative estimate of drug-likeness (QED) is 0.209. The maximum atomic E-state index is 2.75. The normalized spacial score (nSPS) is 30.6. The summed E-state index contributed by atoms with van der Waals surface area (Å²) in [5, 5.41) is 0. The van der Waals surface area contributed by atoms with Gasteiger partial charge >= 0.3 is 0 Å². The summed E-state index contributed by atoms with van der Waals surface area (Å²) >= 11 is 2.07. The molecule has 270 valence electrons. The summed E-state index contributed by atoms with van der Waals surface area (Å²) in [5.74, 6) is 3.35. The van der Waals surface area contributed by atoms with Gasteiger partial charge < -0.3 is 4.90 Å². The highest BCUT2D eigenvalue weighted by atomic mass is 32.2. The average molecular weight is 706 g/mol. The molecule has 4 fully saturated rings. The molecule has 0 unspecified atom stereocenters. The third-order valence-electron chi connectivity index (χ3n) is 15.8. The molecule has 2 heteroatoms. The Hall–Kier alpha value is -2.97. The molecule has 4 aromatic rings. The van der Waals surface area contributed by atoms with Crippen molar-refractivity contribution in [1.29, 1.82) is 0 Å². The molecule has 0 N–H and O–H groups in total. The summed E-state index contributed by atoms with van der Waals surface area (Å²) in [6, 6.07) is 32.0. The summed E-state index contributed by atoms with van der Waals surface area (Å²) in [5.41, 5.74) is 14.2. The van der Waals surface area contributed by atoms with Crippen LogP contribution in [0.4, 0.5) is 17.1 Å². The number of rotatable bonds is 3. The van der Waals surface area contributed by atoms with Crippen LogP contribution in [0.3, 0.4) is 0 Å². The van der Waals surface area contributed by atoms with Crippen molar-refractivity contribution in [3.05, 3.63) is 112 Å². The van der Waals surface area contributed by atoms with E-state index in [-0.39, 0.29) is 27.1 Å². The first-order chi connectivity index (χ1) is 24.7. The van der Waals surface area contributed by atoms with Gasteiger partial charge in [0.15, 0.2) is 0 Å². The van der Waals surface area contributed by atoms with Gasteiger partial charge in [-0.2, -0.15) is 0 Å². The predicted octanol–water partition coefficient (Wildman–Crippen LogP) is 14.1. The van der Waals surface area contributed by atoms with Crippen LogP contribution in [-0.2, 0) is 27.1 Å². The van der Waals surface area contributed by atoms with Gasteiger partial charge in [0, 0.05) is 20.9 Å². The first kappa shape index (κ1) is 33.6. The van der Waals surface area contributed by atoms with E-state index >= 15 is 0 Å². The van der Waals surface area contributed by atoms with E-state index in [9.17, 15) is 0 Å². The zero-order chi connectivity index (χ0) is 36.0. The topological polar surface area (TPSA) is 3.24 Å². The largest absolute Gasteiger partial charge is 0.309 e. The molecule has 4 aromatic carbocycles. The summed E-state index contributed by atoms with van der Waals surface area (Å²) in [4.78, 5) is 5.76. The van der Waals surface area contributed by atoms with Gasteiger partial charge in [-0.15, -0.1) is 0 Å². The Bertz CT molecular complexity index is 2080. The van der Waals surface area contributed by atoms with Crippen LogP contribution < -0.4 is 4.90 Å². The molecule has 4 saturated carbocycles. The van der Waals surface area contributed by atoms with E-state index in [2.05, 4.69) is 151 Å². The minimum atomic E-state index is 0.0758. The fourth-order valence-electron chi connectivity index (χ4n) is 13.1. The Morgan fingerprint density at radius 2 is 1.06 bits per heavy atom. The number of benzene rings is 4. The first-order valence-electron chi connectivity index (χ1n) is 20.7. The second kappa shape index (κ2) is 11.1. The lowest BCUT2D eigenvalue weighted by Gasteiger charge is -2.63. The molecule has 1 heterocycles. The van der Waals surface area contributed by atoms with Crippen LogP contribution in [-0.4, -0.2) is 0 Å². The standard InChI is InChI=1S/C50H59NS/c1-46(2)21-22-48(5,6)40-30-35(19-20-36(40)46)51(41-16-11-14-38-44(41)49(7,8)24-23-47(38,3)4)42-17-12-15-39-45(42)52-43-18-10-9-13-37(43)50(39)33-26-31-25-32(28-33)29-34(50)27-31/h9-20,30-34H,21-29H2,1-8H3. The Balaban J connectivity index is 1.26. The summed E-state index contributed by atoms with van der Waals surface area (Å²) in [7, 11) is 0. The summed E-state index contributed by atoms with van der Waals surface area (Å²) in [6.45, 7) is 19.9. The van der Waals surface area contributed by atoms with E-state index in [1.165, 1.54) is 101 Å². The van der Waals surface area contributed by atoms with Gasteiger partial charge in [0.25, 0.3) is 0 Å². The molecule has 52 heavy (non-hydrogen) atoms. The molecule has 0 radical (unpaired) electrons. The van der Waals surface area contributed by atoms with Crippen molar-refractivity contribution >= 4 is 28.8 Å². The maximum absolute atomic E-state index is 2.75. The molecular formula is C50H59NS. The van der Waals surface area contributed by atoms with Gasteiger partial charge in [0.05, 0.1) is 11.4 Å². The zero-order valence-corrected chi connectivity index (χ0v) is 33.9. The van der Waals surface area contributed by atoms with Gasteiger partial charge in [-0.1, -0.05) is 116 Å². The van der Waals surface area contributed by atoms with Crippen molar-refractivity contribution in [3.63, 3.8) is 0 Å². The molecule has 1 aliphatic heterocycles. The number of hydrogen-bond donors (Lipinski definition) is 0. The lowest BCUT2D eigenvalue weighted by atomic mass is 9.42. The lowest BCUT2D eigenvalue weighted by molar-refractivity contribution is -0.0443. The van der Waals surface area contributed by atoms with Crippen molar-refractivity contribution in [2.75, 3.05) is 4.90 Å². The Kier molecular flexibility index (Phi) is 7.14. The van der Waals surface area contributed by atoms with E-state index in [1.807, 2.05) is 0 Å². The highest BCUT2D eigenvalue weighted by molar-refractivity contribution is 7.99. The number of anilines is 3. The average Bonchev–Trinajstić information content (AvgIpc) is 3.11. The summed E-state index contributed by atoms with van der Waals surface area (Å²) in [6.07, 6.45) is 12.0. The van der Waals surface area contributed by atoms with Gasteiger partial charge in [-0.25, -0.2) is 0 Å². The van der Waals surface area contributed by atoms with Crippen molar-refractivity contribution in [3.8, 4) is 0 Å². The number of nitrogens with zero attached hydrogens (tertiary/aromatic N) is 1. The molecule has 0 atom stereocenters. The molecule has 0 saturated heterocycles. The van der Waals surface area contributed by atoms with Gasteiger partial charge in [0.2, 0.25) is 0 Å². The Labute approximate surface area is 318 Å². The molecular weight excluding hydrogens is 647 g/mol. The molecule has 11 rings (SSSR count). The second-order valence-corrected chi connectivity index (χ2v) is 21.8. The highest BCUT2D eigenvalue weighted by Crippen LogP contribution is 2.70. The SMILES string of the molecule is CC1(C)CCC(C)(C)c2cc(N(c3cccc4c3Sc3ccccc3C43C4CC5CC(C4)CC3C5)c3cccc4c3C(C)(C)CCC4(C)C)ccc21. The van der Waals surface area contributed by atoms with Gasteiger partial charge in [0.1, 0.15) is 0 Å². The van der Waals surface area contributed by atoms with Crippen molar-refractivity contribution in [1.82, 2.24) is 0 Å². The Morgan fingerprint density at radius 3 is 1.75 bits per heavy atom. The molecule has 6 aliphatic carbocycles. The maximum Gasteiger partial charge on any atom is 0.0604 e. The van der Waals surface area contributed by atoms with Crippen LogP contribution in [0.15, 0.2) is 88.7 Å². The fourth-order valence-corrected chi connectivity index (χ4v) is 14.4. The van der Waals surface area contributed by atoms with Crippen LogP contribution in [0.25, 0.3) is 0 Å². The monoisotopic (exact) mass is 705 g/mol.